The molecule has 1 nitrogen and oxygen atoms in total. The minimum atomic E-state index is 1.02. The minimum absolute atomic E-state index is 1.02. The number of hydrogen-bond acceptors (Lipinski definition) is 1. The molecule has 0 aromatic rings. The number of allylic oxidation sites excluding steroid dienone is 2. The molecule has 0 aliphatic rings. The Balaban J connectivity index is 3.35. The van der Waals surface area contributed by atoms with Gasteiger partial charge in [0.2, 0.25) is 0 Å². The molecule has 0 saturated carbocycles. The first-order valence-corrected chi connectivity index (χ1v) is 3.72. The van der Waals surface area contributed by atoms with E-state index in [4.69, 9.17) is 0 Å². The molecular formula is C9H17N. The molecule has 10 heavy (non-hydrogen) atoms. The zero-order valence-electron chi connectivity index (χ0n) is 7.04. The van der Waals surface area contributed by atoms with Crippen LogP contribution in [0.3, 0.4) is 0 Å². The molecular weight excluding hydrogens is 122 g/mol. The lowest BCUT2D eigenvalue weighted by Gasteiger charge is -2.04. The highest BCUT2D eigenvalue weighted by Gasteiger charge is 1.92. The second-order valence-electron chi connectivity index (χ2n) is 2.46. The summed E-state index contributed by atoms with van der Waals surface area (Å²) in [6, 6.07) is 0. The maximum atomic E-state index is 3.91. The summed E-state index contributed by atoms with van der Waals surface area (Å²) in [5.41, 5.74) is 2.39. The minimum Gasteiger partial charge on any atom is -0.392 e. The molecule has 0 bridgehead atoms. The van der Waals surface area contributed by atoms with E-state index >= 15 is 0 Å². The van der Waals surface area contributed by atoms with E-state index in [0.717, 1.165) is 25.0 Å². The van der Waals surface area contributed by atoms with Crippen molar-refractivity contribution in [2.24, 2.45) is 0 Å². The SMILES string of the molecule is C=C(CC)CCC(=C)NC. The van der Waals surface area contributed by atoms with Crippen LogP contribution < -0.4 is 5.32 Å². The second-order valence-corrected chi connectivity index (χ2v) is 2.46. The Labute approximate surface area is 63.8 Å². The van der Waals surface area contributed by atoms with Crippen molar-refractivity contribution in [1.82, 2.24) is 5.32 Å². The van der Waals surface area contributed by atoms with E-state index in [1.54, 1.807) is 0 Å². The van der Waals surface area contributed by atoms with Crippen LogP contribution in [0.2, 0.25) is 0 Å². The van der Waals surface area contributed by atoms with E-state index in [9.17, 15) is 0 Å². The third-order valence-electron chi connectivity index (χ3n) is 1.63. The van der Waals surface area contributed by atoms with Gasteiger partial charge >= 0.3 is 0 Å². The van der Waals surface area contributed by atoms with Gasteiger partial charge in [0.25, 0.3) is 0 Å². The monoisotopic (exact) mass is 139 g/mol. The molecule has 0 saturated heterocycles. The third kappa shape index (κ3) is 4.19. The van der Waals surface area contributed by atoms with Crippen LogP contribution in [-0.2, 0) is 0 Å². The van der Waals surface area contributed by atoms with Crippen molar-refractivity contribution in [2.45, 2.75) is 26.2 Å². The first-order valence-electron chi connectivity index (χ1n) is 3.72. The fourth-order valence-electron chi connectivity index (χ4n) is 0.629. The smallest absolute Gasteiger partial charge is 0.00342 e. The van der Waals surface area contributed by atoms with Gasteiger partial charge in [-0.25, -0.2) is 0 Å². The molecule has 0 radical (unpaired) electrons. The predicted molar refractivity (Wildman–Crippen MR) is 46.9 cm³/mol. The molecule has 1 heteroatoms. The van der Waals surface area contributed by atoms with Crippen molar-refractivity contribution in [3.8, 4) is 0 Å². The summed E-state index contributed by atoms with van der Waals surface area (Å²) in [5.74, 6) is 0. The summed E-state index contributed by atoms with van der Waals surface area (Å²) in [6.45, 7) is 9.87. The van der Waals surface area contributed by atoms with Crippen LogP contribution in [0, 0.1) is 0 Å². The van der Waals surface area contributed by atoms with Crippen LogP contribution in [0.1, 0.15) is 26.2 Å². The maximum absolute atomic E-state index is 3.91. The van der Waals surface area contributed by atoms with Gasteiger partial charge in [-0.1, -0.05) is 25.7 Å². The summed E-state index contributed by atoms with van der Waals surface area (Å²) in [5, 5.41) is 3.01. The van der Waals surface area contributed by atoms with Crippen molar-refractivity contribution in [2.75, 3.05) is 7.05 Å². The van der Waals surface area contributed by atoms with Gasteiger partial charge in [0.05, 0.1) is 0 Å². The molecule has 0 aromatic heterocycles. The molecule has 0 heterocycles. The lowest BCUT2D eigenvalue weighted by Crippen LogP contribution is -2.03. The quantitative estimate of drug-likeness (QED) is 0.577. The van der Waals surface area contributed by atoms with E-state index in [2.05, 4.69) is 25.4 Å². The predicted octanol–water partition coefficient (Wildman–Crippen LogP) is 2.47. The highest BCUT2D eigenvalue weighted by Crippen LogP contribution is 2.08. The normalized spacial score (nSPS) is 9.00. The molecule has 58 valence electrons. The first-order chi connectivity index (χ1) is 4.70. The van der Waals surface area contributed by atoms with Gasteiger partial charge in [-0.15, -0.1) is 0 Å². The Morgan fingerprint density at radius 1 is 1.30 bits per heavy atom. The summed E-state index contributed by atoms with van der Waals surface area (Å²) in [4.78, 5) is 0. The van der Waals surface area contributed by atoms with Crippen molar-refractivity contribution in [3.63, 3.8) is 0 Å². The van der Waals surface area contributed by atoms with Gasteiger partial charge in [0, 0.05) is 12.7 Å². The van der Waals surface area contributed by atoms with Crippen LogP contribution in [0.15, 0.2) is 24.4 Å². The van der Waals surface area contributed by atoms with E-state index < -0.39 is 0 Å². The average molecular weight is 139 g/mol. The van der Waals surface area contributed by atoms with Crippen LogP contribution in [0.4, 0.5) is 0 Å². The van der Waals surface area contributed by atoms with Crippen LogP contribution >= 0.6 is 0 Å². The molecule has 0 atom stereocenters. The largest absolute Gasteiger partial charge is 0.392 e. The van der Waals surface area contributed by atoms with Crippen molar-refractivity contribution in [3.05, 3.63) is 24.4 Å². The standard InChI is InChI=1S/C9H17N/c1-5-8(2)6-7-9(3)10-4/h10H,2-3,5-7H2,1,4H3. The zero-order chi connectivity index (χ0) is 7.98. The lowest BCUT2D eigenvalue weighted by molar-refractivity contribution is 0.814. The average Bonchev–Trinajstić information content (AvgIpc) is 1.99. The van der Waals surface area contributed by atoms with Crippen LogP contribution in [0.25, 0.3) is 0 Å². The van der Waals surface area contributed by atoms with Gasteiger partial charge in [0.1, 0.15) is 0 Å². The highest BCUT2D eigenvalue weighted by molar-refractivity contribution is 4.99. The molecule has 0 aliphatic heterocycles. The van der Waals surface area contributed by atoms with Gasteiger partial charge in [-0.05, 0) is 19.3 Å². The van der Waals surface area contributed by atoms with Crippen molar-refractivity contribution >= 4 is 0 Å². The summed E-state index contributed by atoms with van der Waals surface area (Å²) in [6.07, 6.45) is 3.16. The molecule has 0 amide bonds. The number of hydrogen-bond donors (Lipinski definition) is 1. The van der Waals surface area contributed by atoms with Gasteiger partial charge in [-0.2, -0.15) is 0 Å². The molecule has 0 fully saturated rings. The lowest BCUT2D eigenvalue weighted by atomic mass is 10.1. The Hall–Kier alpha value is -0.720. The molecule has 1 N–H and O–H groups in total. The summed E-state index contributed by atoms with van der Waals surface area (Å²) >= 11 is 0. The van der Waals surface area contributed by atoms with E-state index in [1.807, 2.05) is 7.05 Å². The second kappa shape index (κ2) is 5.10. The molecule has 0 aliphatic carbocycles. The maximum Gasteiger partial charge on any atom is 0.00342 e. The van der Waals surface area contributed by atoms with Crippen molar-refractivity contribution in [1.29, 1.82) is 0 Å². The molecule has 0 aromatic carbocycles. The number of rotatable bonds is 5. The summed E-state index contributed by atoms with van der Waals surface area (Å²) in [7, 11) is 1.90. The Kier molecular flexibility index (Phi) is 4.73. The van der Waals surface area contributed by atoms with E-state index in [1.165, 1.54) is 5.57 Å². The molecule has 0 rings (SSSR count). The van der Waals surface area contributed by atoms with Gasteiger partial charge < -0.3 is 5.32 Å². The topological polar surface area (TPSA) is 12.0 Å². The fraction of sp³-hybridized carbons (Fsp3) is 0.556. The number of nitrogens with one attached hydrogen (secondary N) is 1. The molecule has 0 unspecified atom stereocenters. The molecule has 0 spiro atoms. The first kappa shape index (κ1) is 9.28. The van der Waals surface area contributed by atoms with Crippen molar-refractivity contribution < 1.29 is 0 Å². The Bertz CT molecular complexity index is 109. The van der Waals surface area contributed by atoms with E-state index in [0.29, 0.717) is 0 Å². The van der Waals surface area contributed by atoms with Crippen LogP contribution in [-0.4, -0.2) is 7.05 Å². The summed E-state index contributed by atoms with van der Waals surface area (Å²) < 4.78 is 0. The van der Waals surface area contributed by atoms with Gasteiger partial charge in [-0.3, -0.25) is 0 Å². The van der Waals surface area contributed by atoms with Gasteiger partial charge in [0.15, 0.2) is 0 Å². The Morgan fingerprint density at radius 2 is 1.90 bits per heavy atom. The highest BCUT2D eigenvalue weighted by atomic mass is 14.8. The Morgan fingerprint density at radius 3 is 2.30 bits per heavy atom. The fourth-order valence-corrected chi connectivity index (χ4v) is 0.629. The van der Waals surface area contributed by atoms with E-state index in [-0.39, 0.29) is 0 Å². The zero-order valence-corrected chi connectivity index (χ0v) is 7.04. The van der Waals surface area contributed by atoms with Crippen LogP contribution in [0.5, 0.6) is 0 Å². The third-order valence-corrected chi connectivity index (χ3v) is 1.63.